The van der Waals surface area contributed by atoms with Gasteiger partial charge in [0.05, 0.1) is 66.6 Å². The number of aryl methyl sites for hydroxylation is 1. The summed E-state index contributed by atoms with van der Waals surface area (Å²) in [6.45, 7) is 10.8. The average molecular weight is 755 g/mol. The molecule has 56 heavy (non-hydrogen) atoms. The first kappa shape index (κ1) is 36.3. The monoisotopic (exact) mass is 754 g/mol. The van der Waals surface area contributed by atoms with Gasteiger partial charge in [0, 0.05) is 55.9 Å². The lowest BCUT2D eigenvalue weighted by Gasteiger charge is -2.26. The first-order valence-electron chi connectivity index (χ1n) is 19.8. The molecule has 12 heteroatoms. The van der Waals surface area contributed by atoms with E-state index in [-0.39, 0.29) is 17.2 Å². The minimum atomic E-state index is -0.106. The number of aromatic nitrogens is 4. The first-order chi connectivity index (χ1) is 27.6. The Morgan fingerprint density at radius 3 is 1.91 bits per heavy atom. The second-order valence-corrected chi connectivity index (χ2v) is 14.7. The number of ether oxygens (including phenoxy) is 3. The van der Waals surface area contributed by atoms with Crippen molar-refractivity contribution in [3.05, 3.63) is 107 Å². The van der Waals surface area contributed by atoms with Crippen molar-refractivity contribution in [3.8, 4) is 28.3 Å². The average Bonchev–Trinajstić information content (AvgIpc) is 4.03. The zero-order chi connectivity index (χ0) is 38.0. The van der Waals surface area contributed by atoms with Gasteiger partial charge >= 0.3 is 0 Å². The lowest BCUT2D eigenvalue weighted by Crippen LogP contribution is -2.36. The summed E-state index contributed by atoms with van der Waals surface area (Å²) in [4.78, 5) is 48.4. The van der Waals surface area contributed by atoms with Gasteiger partial charge in [0.25, 0.3) is 11.8 Å². The molecule has 6 aromatic rings. The number of para-hydroxylation sites is 2. The molecule has 0 atom stereocenters. The van der Waals surface area contributed by atoms with Gasteiger partial charge in [-0.3, -0.25) is 33.3 Å². The van der Waals surface area contributed by atoms with Crippen molar-refractivity contribution in [3.63, 3.8) is 0 Å². The molecule has 0 unspecified atom stereocenters. The molecular formula is C44H46N6O6. The fourth-order valence-electron chi connectivity index (χ4n) is 8.43. The summed E-state index contributed by atoms with van der Waals surface area (Å²) in [5.41, 5.74) is 5.53. The number of nitrogens with zero attached hydrogens (tertiary/aromatic N) is 6. The van der Waals surface area contributed by atoms with Crippen LogP contribution in [-0.4, -0.2) is 113 Å². The zero-order valence-corrected chi connectivity index (χ0v) is 31.5. The smallest absolute Gasteiger partial charge is 0.281 e. The van der Waals surface area contributed by atoms with Crippen molar-refractivity contribution >= 4 is 33.6 Å². The molecular weight excluding hydrogens is 709 g/mol. The Labute approximate surface area is 324 Å². The maximum atomic E-state index is 13.1. The molecule has 0 radical (unpaired) electrons. The molecule has 10 rings (SSSR count). The van der Waals surface area contributed by atoms with E-state index >= 15 is 0 Å². The van der Waals surface area contributed by atoms with E-state index in [1.807, 2.05) is 72.8 Å². The van der Waals surface area contributed by atoms with E-state index in [9.17, 15) is 14.4 Å². The van der Waals surface area contributed by atoms with Crippen LogP contribution < -0.4 is 10.2 Å². The Hall–Kier alpha value is -5.40. The summed E-state index contributed by atoms with van der Waals surface area (Å²) in [6, 6.07) is 23.0. The number of hydrogen-bond donors (Lipinski definition) is 0. The minimum absolute atomic E-state index is 0.0547. The van der Waals surface area contributed by atoms with Crippen LogP contribution in [0.2, 0.25) is 0 Å². The maximum absolute atomic E-state index is 13.1. The molecule has 0 bridgehead atoms. The number of carbonyl (C=O) groups is 2. The Balaban J connectivity index is 0.000000146. The first-order valence-corrected chi connectivity index (χ1v) is 19.8. The fourth-order valence-corrected chi connectivity index (χ4v) is 8.43. The van der Waals surface area contributed by atoms with Crippen LogP contribution in [0.15, 0.2) is 90.0 Å². The number of hydrogen-bond acceptors (Lipinski definition) is 9. The standard InChI is InChI=1S/2C22H23N3O3/c26-22-20-19(18-8-5-10-25(18)22)21(16-6-1-2-7-17(16)23-20)28-13-4-3-9-24-11-14-27-15-12-24;26-21-16-6-1-2-7-17(16)24(10-4-3-9-23-12-14-28-15-13-23)20-19(21)18-8-5-11-25(18)22(20)27/h1-2,5-8,10H,3-4,9,11-15H2;1-2,5-8,11H,3-4,9-10,12-15H2. The van der Waals surface area contributed by atoms with Gasteiger partial charge in [-0.2, -0.15) is 0 Å². The second-order valence-electron chi connectivity index (χ2n) is 14.7. The van der Waals surface area contributed by atoms with Crippen molar-refractivity contribution < 1.29 is 23.8 Å². The Kier molecular flexibility index (Phi) is 10.3. The number of benzene rings is 2. The van der Waals surface area contributed by atoms with E-state index in [0.29, 0.717) is 34.6 Å². The van der Waals surface area contributed by atoms with Crippen molar-refractivity contribution in [2.24, 2.45) is 0 Å². The third-order valence-corrected chi connectivity index (χ3v) is 11.3. The Bertz CT molecular complexity index is 2470. The zero-order valence-electron chi connectivity index (χ0n) is 31.5. The van der Waals surface area contributed by atoms with Crippen molar-refractivity contribution in [1.82, 2.24) is 28.5 Å². The highest BCUT2D eigenvalue weighted by molar-refractivity contribution is 6.12. The quantitative estimate of drug-likeness (QED) is 0.152. The SMILES string of the molecule is O=C1c2c(c(=O)c3ccccc3n2CCCCN2CCOCC2)-c2cccn21.O=C1c2nc3ccccc3c(OCCCCN3CCOCC3)c2-c2cccn21. The minimum Gasteiger partial charge on any atom is -0.492 e. The topological polar surface area (TPSA) is 113 Å². The predicted molar refractivity (Wildman–Crippen MR) is 215 cm³/mol. The molecule has 0 N–H and O–H groups in total. The number of unbranched alkanes of at least 4 members (excludes halogenated alkanes) is 2. The molecule has 0 spiro atoms. The van der Waals surface area contributed by atoms with Crippen LogP contribution in [-0.2, 0) is 16.0 Å². The Morgan fingerprint density at radius 1 is 0.607 bits per heavy atom. The molecule has 12 nitrogen and oxygen atoms in total. The summed E-state index contributed by atoms with van der Waals surface area (Å²) in [5.74, 6) is 0.585. The van der Waals surface area contributed by atoms with Gasteiger partial charge in [0.1, 0.15) is 17.1 Å². The van der Waals surface area contributed by atoms with E-state index in [1.54, 1.807) is 21.5 Å². The van der Waals surface area contributed by atoms with Crippen LogP contribution in [0, 0.1) is 0 Å². The number of fused-ring (bicyclic) bond motifs is 8. The van der Waals surface area contributed by atoms with Crippen LogP contribution in [0.1, 0.15) is 46.7 Å². The van der Waals surface area contributed by atoms with Gasteiger partial charge in [0.15, 0.2) is 5.43 Å². The largest absolute Gasteiger partial charge is 0.492 e. The van der Waals surface area contributed by atoms with Crippen molar-refractivity contribution in [2.75, 3.05) is 72.3 Å². The van der Waals surface area contributed by atoms with Crippen LogP contribution in [0.4, 0.5) is 0 Å². The van der Waals surface area contributed by atoms with Gasteiger partial charge in [-0.15, -0.1) is 0 Å². The number of rotatable bonds is 11. The van der Waals surface area contributed by atoms with E-state index in [0.717, 1.165) is 131 Å². The molecule has 2 aromatic carbocycles. The van der Waals surface area contributed by atoms with Gasteiger partial charge in [0.2, 0.25) is 0 Å². The van der Waals surface area contributed by atoms with Gasteiger partial charge < -0.3 is 18.8 Å². The van der Waals surface area contributed by atoms with Crippen LogP contribution in [0.5, 0.6) is 5.75 Å². The summed E-state index contributed by atoms with van der Waals surface area (Å²) < 4.78 is 22.4. The third-order valence-electron chi connectivity index (χ3n) is 11.3. The molecule has 4 aliphatic rings. The van der Waals surface area contributed by atoms with Crippen LogP contribution >= 0.6 is 0 Å². The fraction of sp³-hybridized carbons (Fsp3) is 0.364. The summed E-state index contributed by atoms with van der Waals surface area (Å²) in [6.07, 6.45) is 7.59. The van der Waals surface area contributed by atoms with Crippen LogP contribution in [0.3, 0.4) is 0 Å². The molecule has 0 amide bonds. The summed E-state index contributed by atoms with van der Waals surface area (Å²) >= 11 is 0. The molecule has 4 aromatic heterocycles. The van der Waals surface area contributed by atoms with Crippen LogP contribution in [0.25, 0.3) is 44.3 Å². The number of pyridine rings is 2. The molecule has 2 fully saturated rings. The second kappa shape index (κ2) is 16.0. The van der Waals surface area contributed by atoms with E-state index in [2.05, 4.69) is 19.4 Å². The van der Waals surface area contributed by atoms with Gasteiger partial charge in [-0.05, 0) is 87.3 Å². The van der Waals surface area contributed by atoms with Gasteiger partial charge in [-0.1, -0.05) is 24.3 Å². The van der Waals surface area contributed by atoms with E-state index in [1.165, 1.54) is 0 Å². The van der Waals surface area contributed by atoms with Crippen molar-refractivity contribution in [2.45, 2.75) is 32.2 Å². The highest BCUT2D eigenvalue weighted by Gasteiger charge is 2.34. The summed E-state index contributed by atoms with van der Waals surface area (Å²) in [5, 5.41) is 1.63. The molecule has 4 aliphatic heterocycles. The molecule has 0 saturated carbocycles. The molecule has 2 saturated heterocycles. The Morgan fingerprint density at radius 2 is 1.20 bits per heavy atom. The molecule has 8 heterocycles. The lowest BCUT2D eigenvalue weighted by molar-refractivity contribution is 0.0368. The summed E-state index contributed by atoms with van der Waals surface area (Å²) in [7, 11) is 0. The van der Waals surface area contributed by atoms with Gasteiger partial charge in [-0.25, -0.2) is 4.98 Å². The molecule has 0 aliphatic carbocycles. The van der Waals surface area contributed by atoms with E-state index in [4.69, 9.17) is 14.2 Å². The normalized spacial score (nSPS) is 16.4. The highest BCUT2D eigenvalue weighted by atomic mass is 16.5. The lowest BCUT2D eigenvalue weighted by atomic mass is 10.1. The van der Waals surface area contributed by atoms with Crippen molar-refractivity contribution in [1.29, 1.82) is 0 Å². The molecule has 288 valence electrons. The number of morpholine rings is 2. The third kappa shape index (κ3) is 6.76. The maximum Gasteiger partial charge on any atom is 0.281 e. The predicted octanol–water partition coefficient (Wildman–Crippen LogP) is 5.78. The number of carbonyl (C=O) groups excluding carboxylic acids is 2. The van der Waals surface area contributed by atoms with E-state index < -0.39 is 0 Å². The highest BCUT2D eigenvalue weighted by Crippen LogP contribution is 2.42.